The molecule has 1 aromatic heterocycles. The molecular weight excluding hydrogens is 632 g/mol. The molecular formula is C30H39Br2ClN2O3. The van der Waals surface area contributed by atoms with E-state index in [1.165, 1.54) is 42.1 Å². The maximum Gasteiger partial charge on any atom is 0.302 e. The predicted octanol–water partition coefficient (Wildman–Crippen LogP) is 8.12. The number of aryl methyl sites for hydroxylation is 2. The van der Waals surface area contributed by atoms with Gasteiger partial charge in [-0.05, 0) is 108 Å². The smallest absolute Gasteiger partial charge is 0.302 e. The lowest BCUT2D eigenvalue weighted by molar-refractivity contribution is -0.140. The Labute approximate surface area is 249 Å². The third kappa shape index (κ3) is 8.28. The van der Waals surface area contributed by atoms with Crippen molar-refractivity contribution >= 4 is 55.3 Å². The zero-order valence-electron chi connectivity index (χ0n) is 22.9. The molecule has 38 heavy (non-hydrogen) atoms. The van der Waals surface area contributed by atoms with Gasteiger partial charge in [0.05, 0.1) is 12.3 Å². The number of pyridine rings is 1. The normalized spacial score (nSPS) is 18.5. The molecule has 1 saturated carbocycles. The van der Waals surface area contributed by atoms with Gasteiger partial charge in [-0.15, -0.1) is 0 Å². The Bertz CT molecular complexity index is 1110. The van der Waals surface area contributed by atoms with Crippen molar-refractivity contribution in [1.82, 2.24) is 9.88 Å². The van der Waals surface area contributed by atoms with Crippen LogP contribution < -0.4 is 0 Å². The standard InChI is InChI=1S/C24H25Br2ClN2O.C4H8O2.C2H6/c25-18-10-17-4-3-16-11-19(27)12-20(26)22(16)23(24(17)28-13-18)15-5-7-29(8-6-15)21(30)9-14-1-2-14;1-3-6-4(2)5;1-2/h10-15,23H,1-9H2;3H2,1-2H3;1-2H3. The summed E-state index contributed by atoms with van der Waals surface area (Å²) in [4.78, 5) is 29.4. The summed E-state index contributed by atoms with van der Waals surface area (Å²) in [6.45, 7) is 9.37. The number of benzene rings is 1. The van der Waals surface area contributed by atoms with Gasteiger partial charge < -0.3 is 9.64 Å². The van der Waals surface area contributed by atoms with Crippen molar-refractivity contribution in [3.05, 3.63) is 60.7 Å². The molecule has 208 valence electrons. The molecule has 2 aliphatic carbocycles. The molecule has 1 aliphatic heterocycles. The highest BCUT2D eigenvalue weighted by molar-refractivity contribution is 9.10. The molecule has 1 amide bonds. The number of ether oxygens (including phenoxy) is 1. The first-order valence-corrected chi connectivity index (χ1v) is 15.8. The molecule has 1 unspecified atom stereocenters. The number of aromatic nitrogens is 1. The molecule has 0 N–H and O–H groups in total. The summed E-state index contributed by atoms with van der Waals surface area (Å²) < 4.78 is 6.52. The van der Waals surface area contributed by atoms with Gasteiger partial charge in [-0.25, -0.2) is 0 Å². The summed E-state index contributed by atoms with van der Waals surface area (Å²) in [5.74, 6) is 1.50. The van der Waals surface area contributed by atoms with Crippen molar-refractivity contribution in [1.29, 1.82) is 0 Å². The quantitative estimate of drug-likeness (QED) is 0.309. The van der Waals surface area contributed by atoms with Crippen LogP contribution in [0, 0.1) is 11.8 Å². The van der Waals surface area contributed by atoms with Gasteiger partial charge in [0.25, 0.3) is 0 Å². The number of piperidine rings is 1. The van der Waals surface area contributed by atoms with Gasteiger partial charge in [0.2, 0.25) is 5.91 Å². The summed E-state index contributed by atoms with van der Waals surface area (Å²) in [6.07, 6.45) is 9.12. The van der Waals surface area contributed by atoms with Gasteiger partial charge in [-0.1, -0.05) is 41.4 Å². The van der Waals surface area contributed by atoms with Crippen molar-refractivity contribution in [2.45, 2.75) is 78.6 Å². The largest absolute Gasteiger partial charge is 0.466 e. The van der Waals surface area contributed by atoms with Crippen molar-refractivity contribution < 1.29 is 14.3 Å². The Hall–Kier alpha value is -1.44. The first kappa shape index (κ1) is 31.1. The maximum atomic E-state index is 12.6. The number of fused-ring (bicyclic) bond motifs is 2. The molecule has 0 radical (unpaired) electrons. The molecule has 2 fully saturated rings. The summed E-state index contributed by atoms with van der Waals surface area (Å²) in [7, 11) is 0. The van der Waals surface area contributed by atoms with E-state index in [9.17, 15) is 9.59 Å². The van der Waals surface area contributed by atoms with E-state index in [1.54, 1.807) is 6.92 Å². The van der Waals surface area contributed by atoms with E-state index in [2.05, 4.69) is 53.6 Å². The number of amides is 1. The highest BCUT2D eigenvalue weighted by Gasteiger charge is 2.37. The second-order valence-corrected chi connectivity index (χ2v) is 12.1. The summed E-state index contributed by atoms with van der Waals surface area (Å²) >= 11 is 13.8. The predicted molar refractivity (Wildman–Crippen MR) is 161 cm³/mol. The minimum Gasteiger partial charge on any atom is -0.466 e. The first-order valence-electron chi connectivity index (χ1n) is 13.8. The van der Waals surface area contributed by atoms with E-state index >= 15 is 0 Å². The van der Waals surface area contributed by atoms with Gasteiger partial charge in [0, 0.05) is 52.5 Å². The minimum absolute atomic E-state index is 0.211. The van der Waals surface area contributed by atoms with Crippen LogP contribution in [0.3, 0.4) is 0 Å². The van der Waals surface area contributed by atoms with Crippen LogP contribution in [0.25, 0.3) is 0 Å². The summed E-state index contributed by atoms with van der Waals surface area (Å²) in [6, 6.07) is 6.38. The lowest BCUT2D eigenvalue weighted by Gasteiger charge is -2.37. The zero-order valence-corrected chi connectivity index (χ0v) is 26.8. The SMILES string of the molecule is CC.CCOC(C)=O.O=C(CC1CC1)N1CCC(C2c3ncc(Br)cc3CCc3cc(Cl)cc(Br)c32)CC1. The third-order valence-corrected chi connectivity index (χ3v) is 8.60. The first-order chi connectivity index (χ1) is 18.3. The molecule has 8 heteroatoms. The average Bonchev–Trinajstić information content (AvgIpc) is 3.72. The number of hydrogen-bond acceptors (Lipinski definition) is 4. The molecule has 1 atom stereocenters. The number of nitrogens with zero attached hydrogens (tertiary/aromatic N) is 2. The zero-order chi connectivity index (χ0) is 27.8. The fourth-order valence-electron chi connectivity index (χ4n) is 5.41. The molecule has 1 aromatic carbocycles. The Morgan fingerprint density at radius 3 is 2.29 bits per heavy atom. The average molecular weight is 671 g/mol. The minimum atomic E-state index is -0.211. The number of halogens is 3. The van der Waals surface area contributed by atoms with Gasteiger partial charge in [-0.2, -0.15) is 0 Å². The van der Waals surface area contributed by atoms with Crippen LogP contribution in [-0.2, 0) is 27.2 Å². The van der Waals surface area contributed by atoms with Crippen LogP contribution in [0.15, 0.2) is 33.3 Å². The molecule has 3 aliphatic rings. The van der Waals surface area contributed by atoms with Crippen molar-refractivity contribution in [3.8, 4) is 0 Å². The van der Waals surface area contributed by atoms with E-state index in [4.69, 9.17) is 16.6 Å². The second kappa shape index (κ2) is 14.8. The summed E-state index contributed by atoms with van der Waals surface area (Å²) in [5.41, 5.74) is 5.18. The fourth-order valence-corrected chi connectivity index (χ4v) is 6.91. The lowest BCUT2D eigenvalue weighted by Crippen LogP contribution is -2.40. The van der Waals surface area contributed by atoms with Crippen molar-refractivity contribution in [2.75, 3.05) is 19.7 Å². The Morgan fingerprint density at radius 2 is 1.71 bits per heavy atom. The van der Waals surface area contributed by atoms with E-state index < -0.39 is 0 Å². The van der Waals surface area contributed by atoms with Crippen LogP contribution in [-0.4, -0.2) is 41.5 Å². The van der Waals surface area contributed by atoms with Crippen LogP contribution in [0.4, 0.5) is 0 Å². The molecule has 2 heterocycles. The van der Waals surface area contributed by atoms with Gasteiger partial charge >= 0.3 is 5.97 Å². The van der Waals surface area contributed by atoms with Crippen LogP contribution in [0.2, 0.25) is 5.02 Å². The van der Waals surface area contributed by atoms with E-state index in [0.29, 0.717) is 24.3 Å². The monoisotopic (exact) mass is 668 g/mol. The van der Waals surface area contributed by atoms with Crippen LogP contribution in [0.5, 0.6) is 0 Å². The van der Waals surface area contributed by atoms with E-state index in [-0.39, 0.29) is 11.9 Å². The number of likely N-dealkylation sites (tertiary alicyclic amines) is 1. The molecule has 5 rings (SSSR count). The second-order valence-electron chi connectivity index (χ2n) is 9.93. The Kier molecular flexibility index (Phi) is 12.1. The number of rotatable bonds is 4. The molecule has 5 nitrogen and oxygen atoms in total. The molecule has 1 saturated heterocycles. The molecule has 0 bridgehead atoms. The van der Waals surface area contributed by atoms with Crippen molar-refractivity contribution in [3.63, 3.8) is 0 Å². The fraction of sp³-hybridized carbons (Fsp3) is 0.567. The van der Waals surface area contributed by atoms with Gasteiger partial charge in [0.15, 0.2) is 0 Å². The number of hydrogen-bond donors (Lipinski definition) is 0. The van der Waals surface area contributed by atoms with Crippen LogP contribution >= 0.6 is 43.5 Å². The Morgan fingerprint density at radius 1 is 1.05 bits per heavy atom. The Balaban J connectivity index is 0.000000443. The highest BCUT2D eigenvalue weighted by atomic mass is 79.9. The van der Waals surface area contributed by atoms with E-state index in [1.807, 2.05) is 26.1 Å². The topological polar surface area (TPSA) is 59.5 Å². The third-order valence-electron chi connectivity index (χ3n) is 7.29. The maximum absolute atomic E-state index is 12.6. The lowest BCUT2D eigenvalue weighted by atomic mass is 9.76. The van der Waals surface area contributed by atoms with Gasteiger partial charge in [-0.3, -0.25) is 14.6 Å². The van der Waals surface area contributed by atoms with Gasteiger partial charge in [0.1, 0.15) is 0 Å². The highest BCUT2D eigenvalue weighted by Crippen LogP contribution is 2.46. The number of esters is 1. The molecule has 2 aromatic rings. The molecule has 0 spiro atoms. The number of carbonyl (C=O) groups excluding carboxylic acids is 2. The van der Waals surface area contributed by atoms with Crippen LogP contribution in [0.1, 0.15) is 88.1 Å². The van der Waals surface area contributed by atoms with Crippen molar-refractivity contribution in [2.24, 2.45) is 11.8 Å². The summed E-state index contributed by atoms with van der Waals surface area (Å²) in [5, 5.41) is 0.778. The van der Waals surface area contributed by atoms with E-state index in [0.717, 1.165) is 59.2 Å². The number of carbonyl (C=O) groups is 2.